The molecule has 1 heterocycles. The van der Waals surface area contributed by atoms with E-state index in [1.54, 1.807) is 12.1 Å². The van der Waals surface area contributed by atoms with E-state index in [1.807, 2.05) is 18.2 Å². The third kappa shape index (κ3) is 5.20. The number of aromatic nitrogens is 1. The molecule has 11 rings (SSSR count). The number of halogens is 1. The minimum absolute atomic E-state index is 0.260. The van der Waals surface area contributed by atoms with E-state index >= 15 is 0 Å². The number of rotatable bonds is 6. The van der Waals surface area contributed by atoms with E-state index in [2.05, 4.69) is 152 Å². The van der Waals surface area contributed by atoms with Gasteiger partial charge in [0, 0.05) is 5.56 Å². The first kappa shape index (κ1) is 32.1. The van der Waals surface area contributed by atoms with Crippen molar-refractivity contribution in [1.82, 2.24) is 4.98 Å². The molecule has 0 aliphatic rings. The van der Waals surface area contributed by atoms with E-state index in [-0.39, 0.29) is 5.82 Å². The Morgan fingerprint density at radius 3 is 1.57 bits per heavy atom. The highest BCUT2D eigenvalue weighted by atomic mass is 19.1. The van der Waals surface area contributed by atoms with E-state index in [0.717, 1.165) is 49.8 Å². The summed E-state index contributed by atoms with van der Waals surface area (Å²) in [4.78, 5) is 5.15. The lowest BCUT2D eigenvalue weighted by Gasteiger charge is -2.20. The SMILES string of the molecule is Fc1ccc(-c2ccc3oc(-c4cc(-c5ccccc5-c5ccccc5)c5ccc6ccc(-c7ccccc7-c7ccccc7)c7ccc4c5c67)nc3c2)cc1. The predicted molar refractivity (Wildman–Crippen MR) is 230 cm³/mol. The van der Waals surface area contributed by atoms with E-state index in [0.29, 0.717) is 11.5 Å². The zero-order chi connectivity index (χ0) is 37.2. The molecule has 56 heavy (non-hydrogen) atoms. The molecule has 0 atom stereocenters. The Morgan fingerprint density at radius 1 is 0.357 bits per heavy atom. The third-order valence-corrected chi connectivity index (χ3v) is 11.2. The van der Waals surface area contributed by atoms with Crippen molar-refractivity contribution in [3.05, 3.63) is 200 Å². The fraction of sp³-hybridized carbons (Fsp3) is 0. The quantitative estimate of drug-likeness (QED) is 0.160. The van der Waals surface area contributed by atoms with Crippen LogP contribution in [0.2, 0.25) is 0 Å². The summed E-state index contributed by atoms with van der Waals surface area (Å²) in [6.45, 7) is 0. The first-order valence-electron chi connectivity index (χ1n) is 18.9. The third-order valence-electron chi connectivity index (χ3n) is 11.2. The summed E-state index contributed by atoms with van der Waals surface area (Å²) in [5.74, 6) is 0.298. The molecule has 11 aromatic rings. The average molecular weight is 718 g/mol. The van der Waals surface area contributed by atoms with Crippen LogP contribution in [0.25, 0.3) is 111 Å². The Kier molecular flexibility index (Phi) is 7.39. The highest BCUT2D eigenvalue weighted by Crippen LogP contribution is 2.48. The van der Waals surface area contributed by atoms with Crippen LogP contribution in [0, 0.1) is 5.82 Å². The number of hydrogen-bond acceptors (Lipinski definition) is 2. The van der Waals surface area contributed by atoms with E-state index in [9.17, 15) is 4.39 Å². The molecule has 0 unspecified atom stereocenters. The average Bonchev–Trinajstić information content (AvgIpc) is 3.70. The Bertz CT molecular complexity index is 3240. The molecular formula is C53H32FNO. The van der Waals surface area contributed by atoms with Crippen molar-refractivity contribution >= 4 is 43.4 Å². The molecule has 2 nitrogen and oxygen atoms in total. The van der Waals surface area contributed by atoms with Gasteiger partial charge in [0.2, 0.25) is 5.89 Å². The fourth-order valence-corrected chi connectivity index (χ4v) is 8.57. The van der Waals surface area contributed by atoms with Gasteiger partial charge in [0.15, 0.2) is 5.58 Å². The largest absolute Gasteiger partial charge is 0.436 e. The van der Waals surface area contributed by atoms with Crippen LogP contribution in [0.3, 0.4) is 0 Å². The lowest BCUT2D eigenvalue weighted by Crippen LogP contribution is -1.94. The highest BCUT2D eigenvalue weighted by molar-refractivity contribution is 6.30. The van der Waals surface area contributed by atoms with Gasteiger partial charge in [0.1, 0.15) is 11.3 Å². The first-order valence-corrected chi connectivity index (χ1v) is 18.9. The lowest BCUT2D eigenvalue weighted by molar-refractivity contribution is 0.620. The molecule has 0 spiro atoms. The van der Waals surface area contributed by atoms with Crippen molar-refractivity contribution in [2.45, 2.75) is 0 Å². The molecule has 0 fully saturated rings. The molecular weight excluding hydrogens is 686 g/mol. The number of oxazole rings is 1. The van der Waals surface area contributed by atoms with Crippen molar-refractivity contribution in [3.8, 4) is 67.1 Å². The molecule has 262 valence electrons. The number of hydrogen-bond donors (Lipinski definition) is 0. The van der Waals surface area contributed by atoms with Gasteiger partial charge in [-0.1, -0.05) is 164 Å². The fourth-order valence-electron chi connectivity index (χ4n) is 8.57. The number of benzene rings is 10. The van der Waals surface area contributed by atoms with Crippen LogP contribution in [0.5, 0.6) is 0 Å². The van der Waals surface area contributed by atoms with Crippen molar-refractivity contribution in [2.24, 2.45) is 0 Å². The smallest absolute Gasteiger partial charge is 0.227 e. The number of fused-ring (bicyclic) bond motifs is 1. The summed E-state index contributed by atoms with van der Waals surface area (Å²) in [5.41, 5.74) is 13.6. The minimum atomic E-state index is -0.260. The molecule has 0 aliphatic heterocycles. The second-order valence-corrected chi connectivity index (χ2v) is 14.4. The minimum Gasteiger partial charge on any atom is -0.436 e. The van der Waals surface area contributed by atoms with Gasteiger partial charge in [-0.2, -0.15) is 0 Å². The maximum Gasteiger partial charge on any atom is 0.227 e. The predicted octanol–water partition coefficient (Wildman–Crippen LogP) is 14.9. The number of nitrogens with zero attached hydrogens (tertiary/aromatic N) is 1. The summed E-state index contributed by atoms with van der Waals surface area (Å²) in [7, 11) is 0. The van der Waals surface area contributed by atoms with Gasteiger partial charge in [-0.15, -0.1) is 0 Å². The Hall–Kier alpha value is -7.36. The molecule has 0 radical (unpaired) electrons. The summed E-state index contributed by atoms with van der Waals surface area (Å²) in [6.07, 6.45) is 0. The summed E-state index contributed by atoms with van der Waals surface area (Å²) in [6, 6.07) is 67.0. The second kappa shape index (κ2) is 12.9. The normalized spacial score (nSPS) is 11.7. The molecule has 0 saturated carbocycles. The van der Waals surface area contributed by atoms with Crippen LogP contribution in [0.15, 0.2) is 199 Å². The molecule has 0 aliphatic carbocycles. The van der Waals surface area contributed by atoms with E-state index in [4.69, 9.17) is 9.40 Å². The first-order chi connectivity index (χ1) is 27.7. The van der Waals surface area contributed by atoms with E-state index < -0.39 is 0 Å². The van der Waals surface area contributed by atoms with Crippen LogP contribution < -0.4 is 0 Å². The second-order valence-electron chi connectivity index (χ2n) is 14.4. The molecule has 1 aromatic heterocycles. The van der Waals surface area contributed by atoms with Gasteiger partial charge >= 0.3 is 0 Å². The Morgan fingerprint density at radius 2 is 0.893 bits per heavy atom. The Labute approximate surface area is 323 Å². The van der Waals surface area contributed by atoms with Crippen molar-refractivity contribution in [2.75, 3.05) is 0 Å². The summed E-state index contributed by atoms with van der Waals surface area (Å²) >= 11 is 0. The molecule has 3 heteroatoms. The standard InChI is InChI=1S/C53H32FNO/c54-38-24-19-33(20-25-38)37-23-30-50-49(31-37)55-53(56-50)48-32-47(42-18-10-8-16-40(42)35-13-5-2-6-14-35)45-27-22-36-21-26-43(44-28-29-46(48)52(45)51(36)44)41-17-9-7-15-39(41)34-11-3-1-4-12-34/h1-32H. The van der Waals surface area contributed by atoms with Gasteiger partial charge < -0.3 is 4.42 Å². The molecule has 0 bridgehead atoms. The van der Waals surface area contributed by atoms with Gasteiger partial charge in [-0.25, -0.2) is 9.37 Å². The molecule has 0 saturated heterocycles. The van der Waals surface area contributed by atoms with Crippen LogP contribution in [0.1, 0.15) is 0 Å². The van der Waals surface area contributed by atoms with Gasteiger partial charge in [0.25, 0.3) is 0 Å². The summed E-state index contributed by atoms with van der Waals surface area (Å²) < 4.78 is 20.4. The van der Waals surface area contributed by atoms with Gasteiger partial charge in [-0.3, -0.25) is 0 Å². The molecule has 0 amide bonds. The van der Waals surface area contributed by atoms with Crippen molar-refractivity contribution < 1.29 is 8.81 Å². The summed E-state index contributed by atoms with van der Waals surface area (Å²) in [5, 5.41) is 7.04. The van der Waals surface area contributed by atoms with Crippen LogP contribution in [-0.4, -0.2) is 4.98 Å². The van der Waals surface area contributed by atoms with E-state index in [1.165, 1.54) is 61.3 Å². The Balaban J connectivity index is 1.20. The van der Waals surface area contributed by atoms with Gasteiger partial charge in [-0.05, 0) is 118 Å². The maximum atomic E-state index is 13.8. The zero-order valence-electron chi connectivity index (χ0n) is 30.2. The van der Waals surface area contributed by atoms with Gasteiger partial charge in [0.05, 0.1) is 0 Å². The van der Waals surface area contributed by atoms with Crippen molar-refractivity contribution in [3.63, 3.8) is 0 Å². The lowest BCUT2D eigenvalue weighted by atomic mass is 9.83. The highest BCUT2D eigenvalue weighted by Gasteiger charge is 2.22. The van der Waals surface area contributed by atoms with Crippen LogP contribution in [0.4, 0.5) is 4.39 Å². The zero-order valence-corrected chi connectivity index (χ0v) is 30.2. The molecule has 10 aromatic carbocycles. The topological polar surface area (TPSA) is 26.0 Å². The van der Waals surface area contributed by atoms with Crippen LogP contribution >= 0.6 is 0 Å². The van der Waals surface area contributed by atoms with Crippen LogP contribution in [-0.2, 0) is 0 Å². The monoisotopic (exact) mass is 717 g/mol. The van der Waals surface area contributed by atoms with Crippen molar-refractivity contribution in [1.29, 1.82) is 0 Å². The molecule has 0 N–H and O–H groups in total. The maximum absolute atomic E-state index is 13.8.